The predicted molar refractivity (Wildman–Crippen MR) is 89.9 cm³/mol. The molecule has 0 bridgehead atoms. The summed E-state index contributed by atoms with van der Waals surface area (Å²) in [6, 6.07) is 17.7. The Morgan fingerprint density at radius 1 is 1.00 bits per heavy atom. The predicted octanol–water partition coefficient (Wildman–Crippen LogP) is 3.40. The van der Waals surface area contributed by atoms with Gasteiger partial charge in [-0.1, -0.05) is 42.5 Å². The Morgan fingerprint density at radius 2 is 1.76 bits per heavy atom. The SMILES string of the molecule is CNCCc1ccccc1CN1CCCc2ccccc21. The van der Waals surface area contributed by atoms with Gasteiger partial charge >= 0.3 is 0 Å². The summed E-state index contributed by atoms with van der Waals surface area (Å²) in [6.07, 6.45) is 3.58. The third kappa shape index (κ3) is 3.27. The maximum atomic E-state index is 3.25. The van der Waals surface area contributed by atoms with Crippen molar-refractivity contribution in [2.45, 2.75) is 25.8 Å². The van der Waals surface area contributed by atoms with Gasteiger partial charge in [-0.3, -0.25) is 0 Å². The van der Waals surface area contributed by atoms with E-state index < -0.39 is 0 Å². The van der Waals surface area contributed by atoms with E-state index in [0.29, 0.717) is 0 Å². The molecule has 0 atom stereocenters. The highest BCUT2D eigenvalue weighted by molar-refractivity contribution is 5.56. The largest absolute Gasteiger partial charge is 0.367 e. The standard InChI is InChI=1S/C19H24N2/c1-20-13-12-16-7-2-3-9-18(16)15-21-14-6-10-17-8-4-5-11-19(17)21/h2-5,7-9,11,20H,6,10,12-15H2,1H3. The molecular weight excluding hydrogens is 256 g/mol. The maximum absolute atomic E-state index is 3.25. The molecule has 0 unspecified atom stereocenters. The van der Waals surface area contributed by atoms with Crippen molar-refractivity contribution in [2.75, 3.05) is 25.0 Å². The van der Waals surface area contributed by atoms with Gasteiger partial charge in [0.2, 0.25) is 0 Å². The average Bonchev–Trinajstić information content (AvgIpc) is 2.54. The van der Waals surface area contributed by atoms with Crippen LogP contribution >= 0.6 is 0 Å². The lowest BCUT2D eigenvalue weighted by Gasteiger charge is -2.32. The van der Waals surface area contributed by atoms with Crippen molar-refractivity contribution in [3.05, 3.63) is 65.2 Å². The second kappa shape index (κ2) is 6.77. The number of hydrogen-bond acceptors (Lipinski definition) is 2. The smallest absolute Gasteiger partial charge is 0.0432 e. The fourth-order valence-corrected chi connectivity index (χ4v) is 3.20. The molecule has 0 spiro atoms. The van der Waals surface area contributed by atoms with Crippen LogP contribution in [0.15, 0.2) is 48.5 Å². The summed E-state index contributed by atoms with van der Waals surface area (Å²) in [7, 11) is 2.02. The summed E-state index contributed by atoms with van der Waals surface area (Å²) >= 11 is 0. The van der Waals surface area contributed by atoms with Gasteiger partial charge in [0.05, 0.1) is 0 Å². The van der Waals surface area contributed by atoms with Gasteiger partial charge in [-0.05, 0) is 55.6 Å². The van der Waals surface area contributed by atoms with Crippen molar-refractivity contribution in [3.63, 3.8) is 0 Å². The van der Waals surface area contributed by atoms with Crippen LogP contribution in [0.2, 0.25) is 0 Å². The Balaban J connectivity index is 1.81. The number of nitrogens with one attached hydrogen (secondary N) is 1. The van der Waals surface area contributed by atoms with Gasteiger partial charge in [-0.25, -0.2) is 0 Å². The highest BCUT2D eigenvalue weighted by Gasteiger charge is 2.17. The Bertz CT molecular complexity index is 592. The lowest BCUT2D eigenvalue weighted by atomic mass is 9.99. The van der Waals surface area contributed by atoms with E-state index in [2.05, 4.69) is 58.7 Å². The maximum Gasteiger partial charge on any atom is 0.0432 e. The zero-order valence-electron chi connectivity index (χ0n) is 12.8. The van der Waals surface area contributed by atoms with Gasteiger partial charge < -0.3 is 10.2 Å². The van der Waals surface area contributed by atoms with Crippen LogP contribution in [-0.4, -0.2) is 20.1 Å². The Kier molecular flexibility index (Phi) is 4.56. The minimum Gasteiger partial charge on any atom is -0.367 e. The summed E-state index contributed by atoms with van der Waals surface area (Å²) in [5.74, 6) is 0. The van der Waals surface area contributed by atoms with Crippen LogP contribution in [0.1, 0.15) is 23.1 Å². The number of benzene rings is 2. The molecule has 0 saturated carbocycles. The van der Waals surface area contributed by atoms with Gasteiger partial charge in [-0.15, -0.1) is 0 Å². The molecule has 1 aliphatic rings. The molecule has 1 aliphatic heterocycles. The lowest BCUT2D eigenvalue weighted by molar-refractivity contribution is 0.686. The zero-order valence-corrected chi connectivity index (χ0v) is 12.8. The molecule has 0 radical (unpaired) electrons. The first-order chi connectivity index (χ1) is 10.4. The minimum atomic E-state index is 1.02. The molecule has 3 rings (SSSR count). The Hall–Kier alpha value is -1.80. The van der Waals surface area contributed by atoms with Gasteiger partial charge in [0.25, 0.3) is 0 Å². The monoisotopic (exact) mass is 280 g/mol. The van der Waals surface area contributed by atoms with Crippen LogP contribution < -0.4 is 10.2 Å². The molecule has 0 aliphatic carbocycles. The van der Waals surface area contributed by atoms with Crippen LogP contribution in [0, 0.1) is 0 Å². The molecule has 0 aromatic heterocycles. The second-order valence-electron chi connectivity index (χ2n) is 5.78. The second-order valence-corrected chi connectivity index (χ2v) is 5.78. The molecule has 0 amide bonds. The molecule has 1 N–H and O–H groups in total. The summed E-state index contributed by atoms with van der Waals surface area (Å²) in [5.41, 5.74) is 5.85. The molecular formula is C19H24N2. The average molecular weight is 280 g/mol. The summed E-state index contributed by atoms with van der Waals surface area (Å²) < 4.78 is 0. The quantitative estimate of drug-likeness (QED) is 0.903. The fourth-order valence-electron chi connectivity index (χ4n) is 3.20. The summed E-state index contributed by atoms with van der Waals surface area (Å²) in [4.78, 5) is 2.54. The van der Waals surface area contributed by atoms with Crippen LogP contribution in [0.25, 0.3) is 0 Å². The van der Waals surface area contributed by atoms with Crippen molar-refractivity contribution in [3.8, 4) is 0 Å². The van der Waals surface area contributed by atoms with Crippen LogP contribution in [0.3, 0.4) is 0 Å². The van der Waals surface area contributed by atoms with Crippen molar-refractivity contribution in [2.24, 2.45) is 0 Å². The molecule has 0 fully saturated rings. The molecule has 2 aromatic rings. The fraction of sp³-hybridized carbons (Fsp3) is 0.368. The first-order valence-corrected chi connectivity index (χ1v) is 7.92. The number of fused-ring (bicyclic) bond motifs is 1. The van der Waals surface area contributed by atoms with Crippen LogP contribution in [0.4, 0.5) is 5.69 Å². The van der Waals surface area contributed by atoms with Crippen LogP contribution in [-0.2, 0) is 19.4 Å². The van der Waals surface area contributed by atoms with Crippen molar-refractivity contribution >= 4 is 5.69 Å². The Labute approximate surface area is 127 Å². The van der Waals surface area contributed by atoms with Gasteiger partial charge in [0.1, 0.15) is 0 Å². The highest BCUT2D eigenvalue weighted by Crippen LogP contribution is 2.28. The molecule has 2 heteroatoms. The molecule has 110 valence electrons. The number of likely N-dealkylation sites (N-methyl/N-ethyl adjacent to an activating group) is 1. The zero-order chi connectivity index (χ0) is 14.5. The topological polar surface area (TPSA) is 15.3 Å². The number of hydrogen-bond donors (Lipinski definition) is 1. The number of para-hydroxylation sites is 1. The summed E-state index contributed by atoms with van der Waals surface area (Å²) in [6.45, 7) is 3.22. The Morgan fingerprint density at radius 3 is 2.62 bits per heavy atom. The van der Waals surface area contributed by atoms with Crippen molar-refractivity contribution < 1.29 is 0 Å². The van der Waals surface area contributed by atoms with E-state index in [0.717, 1.165) is 26.1 Å². The third-order valence-electron chi connectivity index (χ3n) is 4.33. The molecule has 1 heterocycles. The van der Waals surface area contributed by atoms with E-state index in [1.807, 2.05) is 7.05 Å². The molecule has 2 nitrogen and oxygen atoms in total. The van der Waals surface area contributed by atoms with E-state index in [1.54, 1.807) is 0 Å². The van der Waals surface area contributed by atoms with E-state index in [1.165, 1.54) is 35.2 Å². The van der Waals surface area contributed by atoms with E-state index in [4.69, 9.17) is 0 Å². The van der Waals surface area contributed by atoms with Crippen LogP contribution in [0.5, 0.6) is 0 Å². The van der Waals surface area contributed by atoms with E-state index in [-0.39, 0.29) is 0 Å². The van der Waals surface area contributed by atoms with Crippen molar-refractivity contribution in [1.29, 1.82) is 0 Å². The van der Waals surface area contributed by atoms with E-state index in [9.17, 15) is 0 Å². The van der Waals surface area contributed by atoms with Gasteiger partial charge in [0.15, 0.2) is 0 Å². The summed E-state index contributed by atoms with van der Waals surface area (Å²) in [5, 5.41) is 3.25. The minimum absolute atomic E-state index is 1.02. The normalized spacial score (nSPS) is 14.0. The van der Waals surface area contributed by atoms with Crippen molar-refractivity contribution in [1.82, 2.24) is 5.32 Å². The number of anilines is 1. The lowest BCUT2D eigenvalue weighted by Crippen LogP contribution is -2.29. The van der Waals surface area contributed by atoms with Gasteiger partial charge in [0, 0.05) is 18.8 Å². The molecule has 2 aromatic carbocycles. The highest BCUT2D eigenvalue weighted by atomic mass is 15.1. The number of rotatable bonds is 5. The first kappa shape index (κ1) is 14.2. The number of aryl methyl sites for hydroxylation is 1. The third-order valence-corrected chi connectivity index (χ3v) is 4.33. The van der Waals surface area contributed by atoms with Gasteiger partial charge in [-0.2, -0.15) is 0 Å². The van der Waals surface area contributed by atoms with E-state index >= 15 is 0 Å². The number of nitrogens with zero attached hydrogens (tertiary/aromatic N) is 1. The molecule has 0 saturated heterocycles. The first-order valence-electron chi connectivity index (χ1n) is 7.92. The molecule has 21 heavy (non-hydrogen) atoms.